The Kier molecular flexibility index (Phi) is 7.27. The van der Waals surface area contributed by atoms with Gasteiger partial charge < -0.3 is 10.6 Å². The Morgan fingerprint density at radius 2 is 2.05 bits per heavy atom. The van der Waals surface area contributed by atoms with Crippen LogP contribution in [-0.4, -0.2) is 19.0 Å². The predicted octanol–water partition coefficient (Wildman–Crippen LogP) is 3.70. The average Bonchev–Trinajstić information content (AvgIpc) is 2.41. The quantitative estimate of drug-likeness (QED) is 0.752. The summed E-state index contributed by atoms with van der Waals surface area (Å²) in [6, 6.07) is 2.48. The molecule has 0 bridgehead atoms. The summed E-state index contributed by atoms with van der Waals surface area (Å²) in [4.78, 5) is 11.4. The Hall–Kier alpha value is -0.840. The second-order valence-corrected chi connectivity index (χ2v) is 5.32. The molecule has 6 heteroatoms. The van der Waals surface area contributed by atoms with Gasteiger partial charge in [0.2, 0.25) is 5.91 Å². The van der Waals surface area contributed by atoms with Crippen LogP contribution in [0.3, 0.4) is 0 Å². The maximum atomic E-state index is 13.4. The van der Waals surface area contributed by atoms with E-state index in [1.807, 2.05) is 13.8 Å². The highest BCUT2D eigenvalue weighted by Crippen LogP contribution is 2.32. The summed E-state index contributed by atoms with van der Waals surface area (Å²) in [6.45, 7) is 4.97. The second kappa shape index (κ2) is 8.45. The topological polar surface area (TPSA) is 41.1 Å². The van der Waals surface area contributed by atoms with Gasteiger partial charge in [0, 0.05) is 36.1 Å². The summed E-state index contributed by atoms with van der Waals surface area (Å²) in [7, 11) is 0. The molecule has 1 aromatic carbocycles. The van der Waals surface area contributed by atoms with Crippen molar-refractivity contribution in [1.29, 1.82) is 0 Å². The second-order valence-electron chi connectivity index (χ2n) is 4.53. The van der Waals surface area contributed by atoms with Gasteiger partial charge >= 0.3 is 0 Å². The normalized spacial score (nSPS) is 12.2. The molecule has 0 heterocycles. The van der Waals surface area contributed by atoms with Gasteiger partial charge in [0.1, 0.15) is 5.82 Å². The van der Waals surface area contributed by atoms with Crippen molar-refractivity contribution in [3.63, 3.8) is 0 Å². The number of nitrogens with one attached hydrogen (secondary N) is 2. The number of benzene rings is 1. The number of halogens is 3. The van der Waals surface area contributed by atoms with Gasteiger partial charge in [-0.25, -0.2) is 4.39 Å². The first kappa shape index (κ1) is 17.2. The molecule has 1 amide bonds. The largest absolute Gasteiger partial charge is 0.356 e. The molecular formula is C14H19Cl2FN2O. The molecule has 0 radical (unpaired) electrons. The van der Waals surface area contributed by atoms with Crippen molar-refractivity contribution in [1.82, 2.24) is 10.6 Å². The molecule has 0 aliphatic heterocycles. The molecule has 0 saturated carbocycles. The SMILES string of the molecule is CCCNC(=O)CCNC(C)c1c(Cl)ccc(F)c1Cl. The van der Waals surface area contributed by atoms with Crippen LogP contribution in [0, 0.1) is 5.82 Å². The summed E-state index contributed by atoms with van der Waals surface area (Å²) < 4.78 is 13.4. The number of amides is 1. The van der Waals surface area contributed by atoms with Gasteiger partial charge in [-0.3, -0.25) is 4.79 Å². The molecule has 112 valence electrons. The first-order valence-electron chi connectivity index (χ1n) is 6.60. The van der Waals surface area contributed by atoms with Crippen LogP contribution in [0.1, 0.15) is 38.3 Å². The fourth-order valence-corrected chi connectivity index (χ4v) is 2.49. The van der Waals surface area contributed by atoms with Crippen molar-refractivity contribution in [3.8, 4) is 0 Å². The Labute approximate surface area is 128 Å². The highest BCUT2D eigenvalue weighted by molar-refractivity contribution is 6.36. The Morgan fingerprint density at radius 3 is 2.70 bits per heavy atom. The zero-order valence-electron chi connectivity index (χ0n) is 11.6. The van der Waals surface area contributed by atoms with Crippen molar-refractivity contribution < 1.29 is 9.18 Å². The van der Waals surface area contributed by atoms with E-state index in [4.69, 9.17) is 23.2 Å². The van der Waals surface area contributed by atoms with Crippen molar-refractivity contribution in [2.75, 3.05) is 13.1 Å². The van der Waals surface area contributed by atoms with E-state index >= 15 is 0 Å². The van der Waals surface area contributed by atoms with E-state index < -0.39 is 5.82 Å². The molecule has 1 rings (SSSR count). The molecular weight excluding hydrogens is 302 g/mol. The standard InChI is InChI=1S/C14H19Cl2FN2O/c1-3-7-19-12(20)6-8-18-9(2)13-10(15)4-5-11(17)14(13)16/h4-5,9,18H,3,6-8H2,1-2H3,(H,19,20). The summed E-state index contributed by atoms with van der Waals surface area (Å²) in [6.07, 6.45) is 1.26. The summed E-state index contributed by atoms with van der Waals surface area (Å²) in [5, 5.41) is 6.34. The lowest BCUT2D eigenvalue weighted by Gasteiger charge is -2.17. The van der Waals surface area contributed by atoms with E-state index in [-0.39, 0.29) is 17.0 Å². The monoisotopic (exact) mass is 320 g/mol. The molecule has 20 heavy (non-hydrogen) atoms. The van der Waals surface area contributed by atoms with Crippen LogP contribution in [0.15, 0.2) is 12.1 Å². The smallest absolute Gasteiger partial charge is 0.221 e. The van der Waals surface area contributed by atoms with Crippen LogP contribution in [0.4, 0.5) is 4.39 Å². The molecule has 1 aromatic rings. The Bertz CT molecular complexity index is 469. The number of hydrogen-bond acceptors (Lipinski definition) is 2. The fraction of sp³-hybridized carbons (Fsp3) is 0.500. The predicted molar refractivity (Wildman–Crippen MR) is 80.8 cm³/mol. The minimum Gasteiger partial charge on any atom is -0.356 e. The first-order valence-corrected chi connectivity index (χ1v) is 7.36. The minimum atomic E-state index is -0.500. The van der Waals surface area contributed by atoms with Crippen LogP contribution in [0.25, 0.3) is 0 Å². The molecule has 0 spiro atoms. The van der Waals surface area contributed by atoms with E-state index in [9.17, 15) is 9.18 Å². The van der Waals surface area contributed by atoms with Crippen molar-refractivity contribution >= 4 is 29.1 Å². The van der Waals surface area contributed by atoms with Crippen molar-refractivity contribution in [3.05, 3.63) is 33.6 Å². The Morgan fingerprint density at radius 1 is 1.35 bits per heavy atom. The fourth-order valence-electron chi connectivity index (χ4n) is 1.80. The highest BCUT2D eigenvalue weighted by Gasteiger charge is 2.16. The van der Waals surface area contributed by atoms with Gasteiger partial charge in [-0.05, 0) is 25.5 Å². The van der Waals surface area contributed by atoms with Crippen LogP contribution in [0.5, 0.6) is 0 Å². The third kappa shape index (κ3) is 4.93. The average molecular weight is 321 g/mol. The van der Waals surface area contributed by atoms with Crippen LogP contribution in [-0.2, 0) is 4.79 Å². The lowest BCUT2D eigenvalue weighted by molar-refractivity contribution is -0.121. The molecule has 0 aromatic heterocycles. The van der Waals surface area contributed by atoms with Gasteiger partial charge in [-0.1, -0.05) is 30.1 Å². The van der Waals surface area contributed by atoms with E-state index in [2.05, 4.69) is 10.6 Å². The molecule has 0 aliphatic rings. The maximum absolute atomic E-state index is 13.4. The van der Waals surface area contributed by atoms with E-state index in [0.717, 1.165) is 6.42 Å². The molecule has 2 N–H and O–H groups in total. The van der Waals surface area contributed by atoms with Crippen molar-refractivity contribution in [2.45, 2.75) is 32.7 Å². The molecule has 3 nitrogen and oxygen atoms in total. The van der Waals surface area contributed by atoms with Gasteiger partial charge in [-0.15, -0.1) is 0 Å². The third-order valence-corrected chi connectivity index (χ3v) is 3.60. The zero-order chi connectivity index (χ0) is 15.1. The summed E-state index contributed by atoms with van der Waals surface area (Å²) in [5.41, 5.74) is 0.516. The van der Waals surface area contributed by atoms with Gasteiger partial charge in [0.15, 0.2) is 0 Å². The minimum absolute atomic E-state index is 0.0111. The molecule has 0 fully saturated rings. The molecule has 0 saturated heterocycles. The summed E-state index contributed by atoms with van der Waals surface area (Å²) in [5.74, 6) is -0.511. The van der Waals surface area contributed by atoms with Crippen molar-refractivity contribution in [2.24, 2.45) is 0 Å². The van der Waals surface area contributed by atoms with Gasteiger partial charge in [-0.2, -0.15) is 0 Å². The number of carbonyl (C=O) groups excluding carboxylic acids is 1. The third-order valence-electron chi connectivity index (χ3n) is 2.89. The van der Waals surface area contributed by atoms with Crippen LogP contribution in [0.2, 0.25) is 10.0 Å². The van der Waals surface area contributed by atoms with Gasteiger partial charge in [0.25, 0.3) is 0 Å². The highest BCUT2D eigenvalue weighted by atomic mass is 35.5. The lowest BCUT2D eigenvalue weighted by atomic mass is 10.1. The Balaban J connectivity index is 2.53. The van der Waals surface area contributed by atoms with Crippen LogP contribution >= 0.6 is 23.2 Å². The maximum Gasteiger partial charge on any atom is 0.221 e. The zero-order valence-corrected chi connectivity index (χ0v) is 13.1. The number of carbonyl (C=O) groups is 1. The number of hydrogen-bond donors (Lipinski definition) is 2. The van der Waals surface area contributed by atoms with Crippen LogP contribution < -0.4 is 10.6 Å². The summed E-state index contributed by atoms with van der Waals surface area (Å²) >= 11 is 12.0. The van der Waals surface area contributed by atoms with E-state index in [1.54, 1.807) is 0 Å². The molecule has 0 aliphatic carbocycles. The van der Waals surface area contributed by atoms with E-state index in [0.29, 0.717) is 30.1 Å². The molecule has 1 atom stereocenters. The number of rotatable bonds is 7. The lowest BCUT2D eigenvalue weighted by Crippen LogP contribution is -2.29. The first-order chi connectivity index (χ1) is 9.47. The van der Waals surface area contributed by atoms with Gasteiger partial charge in [0.05, 0.1) is 5.02 Å². The van der Waals surface area contributed by atoms with E-state index in [1.165, 1.54) is 12.1 Å². The molecule has 1 unspecified atom stereocenters.